The van der Waals surface area contributed by atoms with Crippen molar-refractivity contribution in [3.8, 4) is 0 Å². The Morgan fingerprint density at radius 1 is 0.696 bits per heavy atom. The minimum absolute atomic E-state index is 0.0386. The zero-order chi connectivity index (χ0) is 39.9. The van der Waals surface area contributed by atoms with Crippen LogP contribution in [0.5, 0.6) is 0 Å². The van der Waals surface area contributed by atoms with Gasteiger partial charge in [0, 0.05) is 37.9 Å². The predicted molar refractivity (Wildman–Crippen MR) is 197 cm³/mol. The zero-order valence-electron chi connectivity index (χ0n) is 33.9. The molecule has 0 bridgehead atoms. The first-order valence-corrected chi connectivity index (χ1v) is 21.3. The topological polar surface area (TPSA) is 192 Å². The Hall–Kier alpha value is -1.27. The van der Waals surface area contributed by atoms with Crippen LogP contribution in [0.15, 0.2) is 11.6 Å². The van der Waals surface area contributed by atoms with Crippen molar-refractivity contribution in [1.82, 2.24) is 0 Å². The Kier molecular flexibility index (Phi) is 11.6. The maximum atomic E-state index is 12.6. The van der Waals surface area contributed by atoms with E-state index in [2.05, 4.69) is 6.92 Å². The van der Waals surface area contributed by atoms with Crippen molar-refractivity contribution in [3.63, 3.8) is 0 Å². The SMILES string of the molecule is CO[C@@H]1[C@@H](O)C[C@H](O[C@H]2[C@@H](O)C[C@H](O[C@H]3[C@@H](O)C[C@H](O[C@H]4CC[C@@]5(C)[C@H](CC[C@@H]6[C@@H]5C[C@@H](O)[C@]5(C)[C@@H](C7=CC(=O)OC7)CC[C@]65O)C4)O[C@@H]3C)O[C@@H]2C)O[C@@H]1C. The van der Waals surface area contributed by atoms with E-state index in [1.54, 1.807) is 13.0 Å². The van der Waals surface area contributed by atoms with Crippen molar-refractivity contribution >= 4 is 5.97 Å². The minimum Gasteiger partial charge on any atom is -0.458 e. The molecule has 3 saturated heterocycles. The predicted octanol–water partition coefficient (Wildman–Crippen LogP) is 2.87. The summed E-state index contributed by atoms with van der Waals surface area (Å²) in [4.78, 5) is 12.0. The van der Waals surface area contributed by atoms with E-state index >= 15 is 0 Å². The zero-order valence-corrected chi connectivity index (χ0v) is 33.9. The van der Waals surface area contributed by atoms with Crippen LogP contribution in [0.4, 0.5) is 0 Å². The molecular weight excluding hydrogens is 728 g/mol. The van der Waals surface area contributed by atoms with Crippen molar-refractivity contribution in [2.24, 2.45) is 34.5 Å². The van der Waals surface area contributed by atoms with Crippen LogP contribution in [0.1, 0.15) is 105 Å². The fraction of sp³-hybridized carbons (Fsp3) is 0.929. The quantitative estimate of drug-likeness (QED) is 0.178. The number of cyclic esters (lactones) is 1. The molecular formula is C42H66O14. The van der Waals surface area contributed by atoms with E-state index < -0.39 is 84.8 Å². The maximum absolute atomic E-state index is 12.6. The smallest absolute Gasteiger partial charge is 0.331 e. The summed E-state index contributed by atoms with van der Waals surface area (Å²) in [6.45, 7) is 10.1. The summed E-state index contributed by atoms with van der Waals surface area (Å²) in [5, 5.41) is 57.3. The molecule has 8 aliphatic rings. The van der Waals surface area contributed by atoms with E-state index in [0.717, 1.165) is 44.1 Å². The molecule has 0 radical (unpaired) electrons. The lowest BCUT2D eigenvalue weighted by molar-refractivity contribution is -0.336. The third kappa shape index (κ3) is 7.02. The lowest BCUT2D eigenvalue weighted by atomic mass is 9.42. The standard InChI is InChI=1S/C42H66O14/c1-20-37(49-6)29(43)16-35(51-20)55-39-22(3)53-36(18-31(39)45)56-38-21(2)52-34(17-30(38)44)54-25-9-11-40(4)24(14-25)7-8-27-28(40)15-32(46)41(5)26(10-12-42(27,41)48)23-13-33(47)50-19-23/h13,20-22,24-32,34-39,43-46,48H,7-12,14-19H2,1-6H3/t20-,21-,22-,24-,25+,26-,27-,28+,29+,30+,31+,32-,34+,35+,36+,37+,38-,39-,40+,41+,42+/m1/s1. The molecule has 318 valence electrons. The van der Waals surface area contributed by atoms with Crippen LogP contribution in [0.25, 0.3) is 0 Å². The molecule has 14 nitrogen and oxygen atoms in total. The molecule has 8 rings (SSSR count). The molecule has 0 aromatic rings. The molecule has 4 saturated carbocycles. The van der Waals surface area contributed by atoms with Crippen molar-refractivity contribution in [3.05, 3.63) is 11.6 Å². The Morgan fingerprint density at radius 3 is 1.80 bits per heavy atom. The monoisotopic (exact) mass is 794 g/mol. The first-order chi connectivity index (χ1) is 26.5. The fourth-order valence-electron chi connectivity index (χ4n) is 13.1. The second kappa shape index (κ2) is 15.6. The summed E-state index contributed by atoms with van der Waals surface area (Å²) in [5.41, 5.74) is -0.877. The van der Waals surface area contributed by atoms with Crippen molar-refractivity contribution in [2.75, 3.05) is 13.7 Å². The lowest BCUT2D eigenvalue weighted by Gasteiger charge is -2.65. The molecule has 0 amide bonds. The summed E-state index contributed by atoms with van der Waals surface area (Å²) in [5.74, 6) is 0.223. The Balaban J connectivity index is 0.832. The lowest BCUT2D eigenvalue weighted by Crippen LogP contribution is -2.67. The minimum atomic E-state index is -1.01. The maximum Gasteiger partial charge on any atom is 0.331 e. The van der Waals surface area contributed by atoms with E-state index in [9.17, 15) is 30.3 Å². The van der Waals surface area contributed by atoms with Crippen LogP contribution in [-0.2, 0) is 42.7 Å². The van der Waals surface area contributed by atoms with Crippen LogP contribution in [0.3, 0.4) is 0 Å². The van der Waals surface area contributed by atoms with E-state index in [1.165, 1.54) is 7.11 Å². The molecule has 7 fully saturated rings. The highest BCUT2D eigenvalue weighted by molar-refractivity contribution is 5.85. The molecule has 0 spiro atoms. The number of methoxy groups -OCH3 is 1. The second-order valence-electron chi connectivity index (χ2n) is 19.0. The Bertz CT molecular complexity index is 1430. The van der Waals surface area contributed by atoms with Crippen LogP contribution < -0.4 is 0 Å². The molecule has 0 aromatic carbocycles. The van der Waals surface area contributed by atoms with Crippen LogP contribution in [0.2, 0.25) is 0 Å². The van der Waals surface area contributed by atoms with Gasteiger partial charge in [-0.25, -0.2) is 4.79 Å². The number of carbonyl (C=O) groups is 1. The van der Waals surface area contributed by atoms with Crippen LogP contribution in [-0.4, -0.2) is 137 Å². The Labute approximate surface area is 330 Å². The number of ether oxygens (including phenoxy) is 8. The summed E-state index contributed by atoms with van der Waals surface area (Å²) in [7, 11) is 1.53. The number of aliphatic hydroxyl groups excluding tert-OH is 4. The van der Waals surface area contributed by atoms with Crippen molar-refractivity contribution in [1.29, 1.82) is 0 Å². The highest BCUT2D eigenvalue weighted by atomic mass is 16.7. The molecule has 14 heteroatoms. The molecule has 5 N–H and O–H groups in total. The van der Waals surface area contributed by atoms with E-state index in [0.29, 0.717) is 18.8 Å². The highest BCUT2D eigenvalue weighted by Crippen LogP contribution is 2.70. The van der Waals surface area contributed by atoms with Gasteiger partial charge in [-0.3, -0.25) is 0 Å². The van der Waals surface area contributed by atoms with Gasteiger partial charge in [0.1, 0.15) is 24.9 Å². The average Bonchev–Trinajstić information content (AvgIpc) is 3.68. The number of hydrogen-bond donors (Lipinski definition) is 5. The molecule has 21 atom stereocenters. The van der Waals surface area contributed by atoms with Gasteiger partial charge in [0.25, 0.3) is 0 Å². The average molecular weight is 795 g/mol. The number of esters is 1. The number of aliphatic hydroxyl groups is 5. The van der Waals surface area contributed by atoms with Crippen LogP contribution >= 0.6 is 0 Å². The van der Waals surface area contributed by atoms with Crippen molar-refractivity contribution < 1.29 is 68.2 Å². The third-order valence-corrected chi connectivity index (χ3v) is 16.2. The molecule has 0 aromatic heterocycles. The third-order valence-electron chi connectivity index (χ3n) is 16.2. The van der Waals surface area contributed by atoms with Gasteiger partial charge in [-0.2, -0.15) is 0 Å². The van der Waals surface area contributed by atoms with Gasteiger partial charge in [0.15, 0.2) is 18.9 Å². The van der Waals surface area contributed by atoms with Gasteiger partial charge >= 0.3 is 5.97 Å². The van der Waals surface area contributed by atoms with Gasteiger partial charge in [-0.15, -0.1) is 0 Å². The molecule has 56 heavy (non-hydrogen) atoms. The van der Waals surface area contributed by atoms with Gasteiger partial charge in [0.2, 0.25) is 0 Å². The Morgan fingerprint density at radius 2 is 1.27 bits per heavy atom. The van der Waals surface area contributed by atoms with Gasteiger partial charge in [-0.05, 0) is 107 Å². The summed E-state index contributed by atoms with van der Waals surface area (Å²) in [6.07, 6.45) is -0.0154. The first kappa shape index (κ1) is 41.5. The summed E-state index contributed by atoms with van der Waals surface area (Å²) >= 11 is 0. The van der Waals surface area contributed by atoms with E-state index in [-0.39, 0.29) is 67.2 Å². The number of fused-ring (bicyclic) bond motifs is 5. The van der Waals surface area contributed by atoms with Gasteiger partial charge in [-0.1, -0.05) is 13.8 Å². The van der Waals surface area contributed by atoms with Crippen LogP contribution in [0, 0.1) is 34.5 Å². The second-order valence-corrected chi connectivity index (χ2v) is 19.0. The van der Waals surface area contributed by atoms with E-state index in [1.807, 2.05) is 20.8 Å². The number of rotatable bonds is 8. The van der Waals surface area contributed by atoms with Crippen molar-refractivity contribution in [2.45, 2.75) is 197 Å². The number of hydrogen-bond acceptors (Lipinski definition) is 14. The van der Waals surface area contributed by atoms with Gasteiger partial charge < -0.3 is 63.4 Å². The highest BCUT2D eigenvalue weighted by Gasteiger charge is 2.71. The van der Waals surface area contributed by atoms with E-state index in [4.69, 9.17) is 37.9 Å². The number of carbonyl (C=O) groups excluding carboxylic acids is 1. The molecule has 0 unspecified atom stereocenters. The molecule has 4 aliphatic carbocycles. The first-order valence-electron chi connectivity index (χ1n) is 21.3. The summed E-state index contributed by atoms with van der Waals surface area (Å²) in [6, 6.07) is 0. The molecule has 4 aliphatic heterocycles. The largest absolute Gasteiger partial charge is 0.458 e. The molecule has 4 heterocycles. The normalized spacial score (nSPS) is 54.8. The summed E-state index contributed by atoms with van der Waals surface area (Å²) < 4.78 is 47.8. The fourth-order valence-corrected chi connectivity index (χ4v) is 13.1. The van der Waals surface area contributed by atoms with Gasteiger partial charge in [0.05, 0.1) is 54.4 Å².